The van der Waals surface area contributed by atoms with Crippen LogP contribution in [0.2, 0.25) is 5.02 Å². The number of carbonyl (C=O) groups excluding carboxylic acids is 1. The molecule has 0 radical (unpaired) electrons. The molecule has 0 aliphatic carbocycles. The van der Waals surface area contributed by atoms with E-state index in [2.05, 4.69) is 17.4 Å². The van der Waals surface area contributed by atoms with E-state index in [1.165, 1.54) is 10.5 Å². The van der Waals surface area contributed by atoms with Gasteiger partial charge < -0.3 is 10.1 Å². The summed E-state index contributed by atoms with van der Waals surface area (Å²) < 4.78 is 5.70. The third kappa shape index (κ3) is 4.93. The molecule has 1 atom stereocenters. The lowest BCUT2D eigenvalue weighted by atomic mass is 10.0. The molecule has 0 saturated carbocycles. The molecular formula is C20H22ClNO2S. The Morgan fingerprint density at radius 1 is 1.32 bits per heavy atom. The normalized spacial score (nSPS) is 16.2. The maximum absolute atomic E-state index is 12.2. The number of benzene rings is 2. The number of hydrogen-bond acceptors (Lipinski definition) is 3. The van der Waals surface area contributed by atoms with Crippen LogP contribution in [-0.4, -0.2) is 18.3 Å². The van der Waals surface area contributed by atoms with E-state index in [0.717, 1.165) is 28.5 Å². The number of hydrogen-bond donors (Lipinski definition) is 1. The first-order valence-electron chi connectivity index (χ1n) is 8.53. The van der Waals surface area contributed by atoms with Gasteiger partial charge in [0, 0.05) is 22.1 Å². The van der Waals surface area contributed by atoms with Crippen LogP contribution in [0.15, 0.2) is 47.4 Å². The van der Waals surface area contributed by atoms with Gasteiger partial charge in [0.1, 0.15) is 5.75 Å². The minimum absolute atomic E-state index is 0.0857. The molecule has 3 rings (SSSR count). The zero-order valence-electron chi connectivity index (χ0n) is 14.3. The third-order valence-electron chi connectivity index (χ3n) is 4.24. The molecule has 0 saturated heterocycles. The summed E-state index contributed by atoms with van der Waals surface area (Å²) in [6.45, 7) is 2.47. The molecule has 1 unspecified atom stereocenters. The second kappa shape index (κ2) is 8.63. The summed E-state index contributed by atoms with van der Waals surface area (Å²) >= 11 is 7.86. The van der Waals surface area contributed by atoms with Gasteiger partial charge in [-0.2, -0.15) is 0 Å². The van der Waals surface area contributed by atoms with E-state index < -0.39 is 0 Å². The van der Waals surface area contributed by atoms with Crippen LogP contribution in [-0.2, 0) is 4.79 Å². The predicted molar refractivity (Wildman–Crippen MR) is 104 cm³/mol. The monoisotopic (exact) mass is 375 g/mol. The Morgan fingerprint density at radius 2 is 2.16 bits per heavy atom. The lowest BCUT2D eigenvalue weighted by Gasteiger charge is -2.25. The minimum Gasteiger partial charge on any atom is -0.494 e. The molecule has 132 valence electrons. The molecule has 2 aromatic rings. The van der Waals surface area contributed by atoms with Crippen molar-refractivity contribution in [2.75, 3.05) is 12.4 Å². The maximum atomic E-state index is 12.2. The van der Waals surface area contributed by atoms with Gasteiger partial charge in [-0.1, -0.05) is 29.8 Å². The van der Waals surface area contributed by atoms with E-state index >= 15 is 0 Å². The van der Waals surface area contributed by atoms with E-state index in [1.54, 1.807) is 0 Å². The van der Waals surface area contributed by atoms with Gasteiger partial charge >= 0.3 is 0 Å². The van der Waals surface area contributed by atoms with Crippen LogP contribution in [0.1, 0.15) is 36.4 Å². The van der Waals surface area contributed by atoms with E-state index in [-0.39, 0.29) is 11.9 Å². The molecule has 25 heavy (non-hydrogen) atoms. The Bertz CT molecular complexity index is 750. The average Bonchev–Trinajstić information content (AvgIpc) is 2.62. The summed E-state index contributed by atoms with van der Waals surface area (Å²) in [7, 11) is 0. The zero-order chi connectivity index (χ0) is 17.6. The SMILES string of the molecule is Cc1cc(OCCCC(=O)NC2CCSc3ccccc32)ccc1Cl. The van der Waals surface area contributed by atoms with Crippen LogP contribution < -0.4 is 10.1 Å². The summed E-state index contributed by atoms with van der Waals surface area (Å²) in [6, 6.07) is 14.0. The van der Waals surface area contributed by atoms with Gasteiger partial charge in [-0.3, -0.25) is 4.79 Å². The number of thioether (sulfide) groups is 1. The highest BCUT2D eigenvalue weighted by Crippen LogP contribution is 2.35. The highest BCUT2D eigenvalue weighted by atomic mass is 35.5. The maximum Gasteiger partial charge on any atom is 0.220 e. The van der Waals surface area contributed by atoms with Crippen LogP contribution in [0.5, 0.6) is 5.75 Å². The fraction of sp³-hybridized carbons (Fsp3) is 0.350. The molecule has 0 spiro atoms. The summed E-state index contributed by atoms with van der Waals surface area (Å²) in [5.74, 6) is 1.92. The number of halogens is 1. The minimum atomic E-state index is 0.0857. The van der Waals surface area contributed by atoms with Gasteiger partial charge in [0.25, 0.3) is 0 Å². The Balaban J connectivity index is 1.44. The molecule has 1 aliphatic rings. The third-order valence-corrected chi connectivity index (χ3v) is 5.79. The van der Waals surface area contributed by atoms with E-state index in [1.807, 2.05) is 49.0 Å². The summed E-state index contributed by atoms with van der Waals surface area (Å²) in [6.07, 6.45) is 2.14. The zero-order valence-corrected chi connectivity index (χ0v) is 15.8. The number of ether oxygens (including phenoxy) is 1. The fourth-order valence-electron chi connectivity index (χ4n) is 2.89. The molecule has 1 heterocycles. The molecule has 0 fully saturated rings. The fourth-order valence-corrected chi connectivity index (χ4v) is 4.13. The van der Waals surface area contributed by atoms with Crippen LogP contribution >= 0.6 is 23.4 Å². The van der Waals surface area contributed by atoms with Gasteiger partial charge in [-0.25, -0.2) is 0 Å². The molecule has 3 nitrogen and oxygen atoms in total. The Morgan fingerprint density at radius 3 is 3.00 bits per heavy atom. The first-order valence-corrected chi connectivity index (χ1v) is 9.90. The van der Waals surface area contributed by atoms with Crippen LogP contribution in [0, 0.1) is 6.92 Å². The lowest BCUT2D eigenvalue weighted by Crippen LogP contribution is -2.30. The van der Waals surface area contributed by atoms with E-state index in [0.29, 0.717) is 19.4 Å². The number of carbonyl (C=O) groups is 1. The molecule has 0 aromatic heterocycles. The molecule has 1 amide bonds. The molecule has 5 heteroatoms. The first kappa shape index (κ1) is 18.2. The Kier molecular flexibility index (Phi) is 6.27. The standard InChI is InChI=1S/C20H22ClNO2S/c1-14-13-15(8-9-17(14)21)24-11-4-7-20(23)22-18-10-12-25-19-6-3-2-5-16(18)19/h2-3,5-6,8-9,13,18H,4,7,10-12H2,1H3,(H,22,23). The summed E-state index contributed by atoms with van der Waals surface area (Å²) in [5.41, 5.74) is 2.23. The van der Waals surface area contributed by atoms with Crippen molar-refractivity contribution in [2.24, 2.45) is 0 Å². The average molecular weight is 376 g/mol. The smallest absolute Gasteiger partial charge is 0.220 e. The summed E-state index contributed by atoms with van der Waals surface area (Å²) in [5, 5.41) is 3.90. The highest BCUT2D eigenvalue weighted by Gasteiger charge is 2.21. The largest absolute Gasteiger partial charge is 0.494 e. The number of aryl methyl sites for hydroxylation is 1. The van der Waals surface area contributed by atoms with Gasteiger partial charge in [0.05, 0.1) is 12.6 Å². The van der Waals surface area contributed by atoms with E-state index in [9.17, 15) is 4.79 Å². The van der Waals surface area contributed by atoms with Crippen molar-refractivity contribution in [1.29, 1.82) is 0 Å². The number of nitrogens with one attached hydrogen (secondary N) is 1. The quantitative estimate of drug-likeness (QED) is 0.708. The van der Waals surface area contributed by atoms with Crippen LogP contribution in [0.3, 0.4) is 0 Å². The van der Waals surface area contributed by atoms with Gasteiger partial charge in [-0.05, 0) is 55.2 Å². The van der Waals surface area contributed by atoms with Crippen molar-refractivity contribution < 1.29 is 9.53 Å². The molecular weight excluding hydrogens is 354 g/mol. The second-order valence-electron chi connectivity index (χ2n) is 6.16. The second-order valence-corrected chi connectivity index (χ2v) is 7.70. The topological polar surface area (TPSA) is 38.3 Å². The van der Waals surface area contributed by atoms with Gasteiger partial charge in [0.2, 0.25) is 5.91 Å². The van der Waals surface area contributed by atoms with Gasteiger partial charge in [-0.15, -0.1) is 11.8 Å². The van der Waals surface area contributed by atoms with Gasteiger partial charge in [0.15, 0.2) is 0 Å². The van der Waals surface area contributed by atoms with E-state index in [4.69, 9.17) is 16.3 Å². The number of fused-ring (bicyclic) bond motifs is 1. The van der Waals surface area contributed by atoms with Crippen molar-refractivity contribution in [1.82, 2.24) is 5.32 Å². The van der Waals surface area contributed by atoms with Crippen LogP contribution in [0.25, 0.3) is 0 Å². The molecule has 0 bridgehead atoms. The molecule has 1 aliphatic heterocycles. The molecule has 2 aromatic carbocycles. The number of amides is 1. The van der Waals surface area contributed by atoms with Crippen molar-refractivity contribution in [3.8, 4) is 5.75 Å². The Labute approximate surface area is 158 Å². The number of rotatable bonds is 6. The highest BCUT2D eigenvalue weighted by molar-refractivity contribution is 7.99. The van der Waals surface area contributed by atoms with Crippen molar-refractivity contribution in [3.05, 3.63) is 58.6 Å². The summed E-state index contributed by atoms with van der Waals surface area (Å²) in [4.78, 5) is 13.5. The predicted octanol–water partition coefficient (Wildman–Crippen LogP) is 5.16. The van der Waals surface area contributed by atoms with Crippen molar-refractivity contribution >= 4 is 29.3 Å². The van der Waals surface area contributed by atoms with Crippen molar-refractivity contribution in [3.63, 3.8) is 0 Å². The van der Waals surface area contributed by atoms with Crippen LogP contribution in [0.4, 0.5) is 0 Å². The Hall–Kier alpha value is -1.65. The molecule has 1 N–H and O–H groups in total. The first-order chi connectivity index (χ1) is 12.1. The van der Waals surface area contributed by atoms with Crippen molar-refractivity contribution in [2.45, 2.75) is 37.1 Å². The lowest BCUT2D eigenvalue weighted by molar-refractivity contribution is -0.122.